The summed E-state index contributed by atoms with van der Waals surface area (Å²) in [6.45, 7) is 6.33. The van der Waals surface area contributed by atoms with Gasteiger partial charge in [0, 0.05) is 44.6 Å². The summed E-state index contributed by atoms with van der Waals surface area (Å²) in [5, 5.41) is 9.04. The fourth-order valence-electron chi connectivity index (χ4n) is 2.90. The molecule has 1 saturated heterocycles. The molecular formula is C15H22N4. The smallest absolute Gasteiger partial charge is 0.0638 e. The molecule has 0 amide bonds. The molecule has 2 unspecified atom stereocenters. The molecule has 0 radical (unpaired) electrons. The van der Waals surface area contributed by atoms with Gasteiger partial charge in [-0.2, -0.15) is 5.26 Å². The van der Waals surface area contributed by atoms with Crippen molar-refractivity contribution in [1.82, 2.24) is 14.8 Å². The van der Waals surface area contributed by atoms with E-state index in [-0.39, 0.29) is 0 Å². The van der Waals surface area contributed by atoms with Crippen molar-refractivity contribution in [3.05, 3.63) is 30.1 Å². The Morgan fingerprint density at radius 1 is 1.32 bits per heavy atom. The molecule has 0 aliphatic carbocycles. The van der Waals surface area contributed by atoms with Gasteiger partial charge in [-0.25, -0.2) is 0 Å². The lowest BCUT2D eigenvalue weighted by Crippen LogP contribution is -2.39. The largest absolute Gasteiger partial charge is 0.304 e. The highest BCUT2D eigenvalue weighted by molar-refractivity contribution is 5.10. The van der Waals surface area contributed by atoms with Crippen molar-refractivity contribution < 1.29 is 0 Å². The highest BCUT2D eigenvalue weighted by atomic mass is 15.2. The molecule has 0 saturated carbocycles. The van der Waals surface area contributed by atoms with Crippen LogP contribution in [0.3, 0.4) is 0 Å². The molecule has 2 rings (SSSR count). The van der Waals surface area contributed by atoms with E-state index in [1.807, 2.05) is 12.4 Å². The van der Waals surface area contributed by atoms with Crippen LogP contribution in [0.4, 0.5) is 0 Å². The second-order valence-corrected chi connectivity index (χ2v) is 5.63. The Hall–Kier alpha value is -1.44. The topological polar surface area (TPSA) is 43.2 Å². The normalized spacial score (nSPS) is 25.7. The molecule has 0 bridgehead atoms. The summed E-state index contributed by atoms with van der Waals surface area (Å²) < 4.78 is 0. The van der Waals surface area contributed by atoms with Gasteiger partial charge >= 0.3 is 0 Å². The Bertz CT molecular complexity index is 426. The third-order valence-corrected chi connectivity index (χ3v) is 3.67. The highest BCUT2D eigenvalue weighted by Crippen LogP contribution is 2.18. The van der Waals surface area contributed by atoms with E-state index >= 15 is 0 Å². The first-order valence-electron chi connectivity index (χ1n) is 6.87. The number of nitrogens with zero attached hydrogens (tertiary/aromatic N) is 4. The summed E-state index contributed by atoms with van der Waals surface area (Å²) in [6.07, 6.45) is 4.27. The summed E-state index contributed by atoms with van der Waals surface area (Å²) in [6, 6.07) is 6.78. The lowest BCUT2D eigenvalue weighted by Gasteiger charge is -2.29. The average Bonchev–Trinajstić information content (AvgIpc) is 2.50. The number of likely N-dealkylation sites (N-methyl/N-ethyl adjacent to an activating group) is 1. The van der Waals surface area contributed by atoms with Crippen LogP contribution in [-0.4, -0.2) is 47.5 Å². The molecule has 0 N–H and O–H groups in total. The maximum absolute atomic E-state index is 9.04. The highest BCUT2D eigenvalue weighted by Gasteiger charge is 2.26. The predicted molar refractivity (Wildman–Crippen MR) is 75.3 cm³/mol. The third kappa shape index (κ3) is 4.02. The van der Waals surface area contributed by atoms with Crippen molar-refractivity contribution in [3.63, 3.8) is 0 Å². The molecule has 1 fully saturated rings. The van der Waals surface area contributed by atoms with Gasteiger partial charge in [-0.1, -0.05) is 6.92 Å². The quantitative estimate of drug-likeness (QED) is 0.828. The van der Waals surface area contributed by atoms with Crippen molar-refractivity contribution >= 4 is 0 Å². The Kier molecular flexibility index (Phi) is 4.89. The zero-order valence-electron chi connectivity index (χ0n) is 11.8. The minimum absolute atomic E-state index is 0.327. The van der Waals surface area contributed by atoms with Gasteiger partial charge < -0.3 is 4.90 Å². The van der Waals surface area contributed by atoms with E-state index in [1.165, 1.54) is 5.56 Å². The molecule has 1 aromatic heterocycles. The predicted octanol–water partition coefficient (Wildman–Crippen LogP) is 1.75. The lowest BCUT2D eigenvalue weighted by molar-refractivity contribution is 0.176. The van der Waals surface area contributed by atoms with Gasteiger partial charge in [0.25, 0.3) is 0 Å². The van der Waals surface area contributed by atoms with Gasteiger partial charge in [0.15, 0.2) is 0 Å². The Labute approximate surface area is 115 Å². The molecule has 4 nitrogen and oxygen atoms in total. The summed E-state index contributed by atoms with van der Waals surface area (Å²) >= 11 is 0. The Balaban J connectivity index is 2.11. The SMILES string of the molecule is CC1CN(C)CC(CC#N)N(Cc2ccncc2)C1. The summed E-state index contributed by atoms with van der Waals surface area (Å²) in [5.41, 5.74) is 1.27. The molecule has 1 aromatic rings. The van der Waals surface area contributed by atoms with Crippen molar-refractivity contribution in [2.24, 2.45) is 5.92 Å². The summed E-state index contributed by atoms with van der Waals surface area (Å²) in [7, 11) is 2.15. The summed E-state index contributed by atoms with van der Waals surface area (Å²) in [4.78, 5) is 8.86. The maximum Gasteiger partial charge on any atom is 0.0638 e. The number of hydrogen-bond acceptors (Lipinski definition) is 4. The molecule has 0 aromatic carbocycles. The minimum Gasteiger partial charge on any atom is -0.304 e. The van der Waals surface area contributed by atoms with Gasteiger partial charge in [0.1, 0.15) is 0 Å². The van der Waals surface area contributed by atoms with Crippen molar-refractivity contribution in [3.8, 4) is 6.07 Å². The van der Waals surface area contributed by atoms with E-state index in [0.717, 1.165) is 26.2 Å². The monoisotopic (exact) mass is 258 g/mol. The van der Waals surface area contributed by atoms with Crippen LogP contribution in [0.15, 0.2) is 24.5 Å². The first-order chi connectivity index (χ1) is 9.19. The van der Waals surface area contributed by atoms with Crippen LogP contribution in [0.2, 0.25) is 0 Å². The molecule has 4 heteroatoms. The van der Waals surface area contributed by atoms with Gasteiger partial charge in [0.05, 0.1) is 12.5 Å². The maximum atomic E-state index is 9.04. The zero-order valence-corrected chi connectivity index (χ0v) is 11.8. The minimum atomic E-state index is 0.327. The van der Waals surface area contributed by atoms with Crippen molar-refractivity contribution in [2.75, 3.05) is 26.7 Å². The van der Waals surface area contributed by atoms with E-state index in [4.69, 9.17) is 5.26 Å². The average molecular weight is 258 g/mol. The van der Waals surface area contributed by atoms with E-state index in [0.29, 0.717) is 18.4 Å². The van der Waals surface area contributed by atoms with Crippen LogP contribution in [0.1, 0.15) is 18.9 Å². The van der Waals surface area contributed by atoms with Gasteiger partial charge in [-0.15, -0.1) is 0 Å². The summed E-state index contributed by atoms with van der Waals surface area (Å²) in [5.74, 6) is 0.635. The van der Waals surface area contributed by atoms with Crippen LogP contribution >= 0.6 is 0 Å². The van der Waals surface area contributed by atoms with Crippen LogP contribution < -0.4 is 0 Å². The molecule has 2 heterocycles. The molecular weight excluding hydrogens is 236 g/mol. The second-order valence-electron chi connectivity index (χ2n) is 5.63. The number of rotatable bonds is 3. The first kappa shape index (κ1) is 14.0. The lowest BCUT2D eigenvalue weighted by atomic mass is 10.1. The number of pyridine rings is 1. The molecule has 2 atom stereocenters. The zero-order chi connectivity index (χ0) is 13.7. The van der Waals surface area contributed by atoms with Gasteiger partial charge in [0.2, 0.25) is 0 Å². The Morgan fingerprint density at radius 2 is 2.05 bits per heavy atom. The van der Waals surface area contributed by atoms with Gasteiger partial charge in [-0.05, 0) is 30.7 Å². The number of aromatic nitrogens is 1. The molecule has 1 aliphatic heterocycles. The molecule has 19 heavy (non-hydrogen) atoms. The van der Waals surface area contributed by atoms with Crippen LogP contribution in [0.5, 0.6) is 0 Å². The molecule has 1 aliphatic rings. The van der Waals surface area contributed by atoms with E-state index in [1.54, 1.807) is 0 Å². The first-order valence-corrected chi connectivity index (χ1v) is 6.87. The third-order valence-electron chi connectivity index (χ3n) is 3.67. The Morgan fingerprint density at radius 3 is 2.74 bits per heavy atom. The number of hydrogen-bond donors (Lipinski definition) is 0. The van der Waals surface area contributed by atoms with Gasteiger partial charge in [-0.3, -0.25) is 9.88 Å². The van der Waals surface area contributed by atoms with Crippen LogP contribution in [0.25, 0.3) is 0 Å². The second kappa shape index (κ2) is 6.65. The molecule has 0 spiro atoms. The van der Waals surface area contributed by atoms with Crippen molar-refractivity contribution in [2.45, 2.75) is 25.9 Å². The standard InChI is InChI=1S/C15H22N4/c1-13-9-18(2)12-15(3-6-16)19(10-13)11-14-4-7-17-8-5-14/h4-5,7-8,13,15H,3,9-12H2,1-2H3. The fraction of sp³-hybridized carbons (Fsp3) is 0.600. The molecule has 102 valence electrons. The fourth-order valence-corrected chi connectivity index (χ4v) is 2.90. The van der Waals surface area contributed by atoms with E-state index in [2.05, 4.69) is 47.0 Å². The van der Waals surface area contributed by atoms with E-state index < -0.39 is 0 Å². The van der Waals surface area contributed by atoms with E-state index in [9.17, 15) is 0 Å². The van der Waals surface area contributed by atoms with Crippen LogP contribution in [0, 0.1) is 17.2 Å². The van der Waals surface area contributed by atoms with Crippen molar-refractivity contribution in [1.29, 1.82) is 5.26 Å². The van der Waals surface area contributed by atoms with Crippen LogP contribution in [-0.2, 0) is 6.54 Å². The number of nitriles is 1.